The van der Waals surface area contributed by atoms with Crippen molar-refractivity contribution in [1.82, 2.24) is 5.32 Å². The van der Waals surface area contributed by atoms with Crippen LogP contribution in [-0.4, -0.2) is 30.3 Å². The Balaban J connectivity index is 1.94. The number of carbonyl (C=O) groups is 1. The molecule has 1 unspecified atom stereocenters. The van der Waals surface area contributed by atoms with Gasteiger partial charge in [0.05, 0.1) is 18.6 Å². The Labute approximate surface area is 125 Å². The van der Waals surface area contributed by atoms with E-state index in [1.165, 1.54) is 0 Å². The smallest absolute Gasteiger partial charge is 0.223 e. The third-order valence-corrected chi connectivity index (χ3v) is 4.05. The van der Waals surface area contributed by atoms with Crippen molar-refractivity contribution in [1.29, 1.82) is 0 Å². The molecule has 0 spiro atoms. The van der Waals surface area contributed by atoms with Crippen LogP contribution in [0.1, 0.15) is 56.1 Å². The number of furan rings is 1. The van der Waals surface area contributed by atoms with Crippen molar-refractivity contribution >= 4 is 5.91 Å². The highest BCUT2D eigenvalue weighted by molar-refractivity contribution is 5.77. The van der Waals surface area contributed by atoms with Crippen molar-refractivity contribution in [3.05, 3.63) is 23.7 Å². The molecule has 1 aliphatic rings. The van der Waals surface area contributed by atoms with Gasteiger partial charge >= 0.3 is 0 Å². The van der Waals surface area contributed by atoms with Gasteiger partial charge in [-0.05, 0) is 31.9 Å². The number of aliphatic hydroxyl groups is 1. The number of hydrogen-bond donors (Lipinski definition) is 2. The number of methoxy groups -OCH3 is 1. The molecule has 118 valence electrons. The number of aryl methyl sites for hydroxylation is 1. The zero-order chi connectivity index (χ0) is 15.3. The average molecular weight is 295 g/mol. The van der Waals surface area contributed by atoms with Gasteiger partial charge in [-0.25, -0.2) is 0 Å². The Bertz CT molecular complexity index is 463. The predicted octanol–water partition coefficient (Wildman–Crippen LogP) is 2.48. The summed E-state index contributed by atoms with van der Waals surface area (Å²) in [7, 11) is 1.59. The number of hydrogen-bond acceptors (Lipinski definition) is 4. The Hall–Kier alpha value is -1.33. The van der Waals surface area contributed by atoms with Crippen molar-refractivity contribution in [2.45, 2.75) is 57.1 Å². The maximum absolute atomic E-state index is 12.2. The summed E-state index contributed by atoms with van der Waals surface area (Å²) in [6.45, 7) is 2.21. The SMILES string of the molecule is COCC(NC(=O)CC1(O)CCCCC1)c1ccc(C)o1. The minimum atomic E-state index is -0.848. The number of amides is 1. The molecule has 5 heteroatoms. The molecule has 2 rings (SSSR count). The number of nitrogens with one attached hydrogen (secondary N) is 1. The first kappa shape index (κ1) is 16.0. The third-order valence-electron chi connectivity index (χ3n) is 4.05. The zero-order valence-electron chi connectivity index (χ0n) is 12.9. The highest BCUT2D eigenvalue weighted by Crippen LogP contribution is 2.31. The van der Waals surface area contributed by atoms with Gasteiger partial charge in [0, 0.05) is 7.11 Å². The molecule has 0 aliphatic heterocycles. The molecule has 1 aromatic rings. The van der Waals surface area contributed by atoms with Crippen molar-refractivity contribution in [2.75, 3.05) is 13.7 Å². The van der Waals surface area contributed by atoms with Gasteiger partial charge in [-0.2, -0.15) is 0 Å². The summed E-state index contributed by atoms with van der Waals surface area (Å²) in [5.41, 5.74) is -0.848. The second-order valence-corrected chi connectivity index (χ2v) is 5.99. The fourth-order valence-electron chi connectivity index (χ4n) is 2.93. The van der Waals surface area contributed by atoms with Gasteiger partial charge in [0.25, 0.3) is 0 Å². The van der Waals surface area contributed by atoms with Gasteiger partial charge in [-0.1, -0.05) is 19.3 Å². The van der Waals surface area contributed by atoms with E-state index in [2.05, 4.69) is 5.32 Å². The van der Waals surface area contributed by atoms with Crippen LogP contribution < -0.4 is 5.32 Å². The summed E-state index contributed by atoms with van der Waals surface area (Å²) in [4.78, 5) is 12.2. The summed E-state index contributed by atoms with van der Waals surface area (Å²) in [6.07, 6.45) is 4.67. The molecule has 5 nitrogen and oxygen atoms in total. The van der Waals surface area contributed by atoms with Crippen LogP contribution in [-0.2, 0) is 9.53 Å². The molecule has 0 bridgehead atoms. The van der Waals surface area contributed by atoms with Crippen LogP contribution in [0.3, 0.4) is 0 Å². The molecular formula is C16H25NO4. The maximum Gasteiger partial charge on any atom is 0.223 e. The van der Waals surface area contributed by atoms with Gasteiger partial charge in [-0.15, -0.1) is 0 Å². The highest BCUT2D eigenvalue weighted by Gasteiger charge is 2.32. The minimum Gasteiger partial charge on any atom is -0.464 e. The van der Waals surface area contributed by atoms with Gasteiger partial charge in [-0.3, -0.25) is 4.79 Å². The molecule has 1 atom stereocenters. The normalized spacial score (nSPS) is 19.2. The van der Waals surface area contributed by atoms with Crippen LogP contribution in [0.15, 0.2) is 16.5 Å². The molecular weight excluding hydrogens is 270 g/mol. The second kappa shape index (κ2) is 7.09. The minimum absolute atomic E-state index is 0.146. The Kier molecular flexibility index (Phi) is 5.42. The lowest BCUT2D eigenvalue weighted by molar-refractivity contribution is -0.128. The first-order valence-electron chi connectivity index (χ1n) is 7.59. The first-order valence-corrected chi connectivity index (χ1v) is 7.59. The summed E-state index contributed by atoms with van der Waals surface area (Å²) >= 11 is 0. The zero-order valence-corrected chi connectivity index (χ0v) is 12.9. The molecule has 1 fully saturated rings. The van der Waals surface area contributed by atoms with E-state index in [1.807, 2.05) is 19.1 Å². The van der Waals surface area contributed by atoms with Crippen molar-refractivity contribution in [3.63, 3.8) is 0 Å². The second-order valence-electron chi connectivity index (χ2n) is 5.99. The number of ether oxygens (including phenoxy) is 1. The molecule has 1 aliphatic carbocycles. The molecule has 0 aromatic carbocycles. The lowest BCUT2D eigenvalue weighted by atomic mass is 9.82. The highest BCUT2D eigenvalue weighted by atomic mass is 16.5. The summed E-state index contributed by atoms with van der Waals surface area (Å²) in [5.74, 6) is 1.32. The molecule has 0 radical (unpaired) electrons. The summed E-state index contributed by atoms with van der Waals surface area (Å²) in [5, 5.41) is 13.3. The lowest BCUT2D eigenvalue weighted by Crippen LogP contribution is -2.40. The molecule has 1 amide bonds. The summed E-state index contributed by atoms with van der Waals surface area (Å²) in [6, 6.07) is 3.39. The quantitative estimate of drug-likeness (QED) is 0.845. The van der Waals surface area contributed by atoms with Crippen LogP contribution in [0, 0.1) is 6.92 Å². The van der Waals surface area contributed by atoms with Gasteiger partial charge in [0.1, 0.15) is 17.6 Å². The van der Waals surface area contributed by atoms with Crippen LogP contribution >= 0.6 is 0 Å². The van der Waals surface area contributed by atoms with E-state index in [-0.39, 0.29) is 18.4 Å². The van der Waals surface area contributed by atoms with E-state index >= 15 is 0 Å². The molecule has 0 saturated heterocycles. The van der Waals surface area contributed by atoms with Crippen molar-refractivity contribution in [3.8, 4) is 0 Å². The molecule has 21 heavy (non-hydrogen) atoms. The summed E-state index contributed by atoms with van der Waals surface area (Å²) < 4.78 is 10.7. The maximum atomic E-state index is 12.2. The predicted molar refractivity (Wildman–Crippen MR) is 78.9 cm³/mol. The van der Waals surface area contributed by atoms with Gasteiger partial charge < -0.3 is 19.6 Å². The van der Waals surface area contributed by atoms with Crippen molar-refractivity contribution in [2.24, 2.45) is 0 Å². The van der Waals surface area contributed by atoms with Gasteiger partial charge in [0.2, 0.25) is 5.91 Å². The van der Waals surface area contributed by atoms with E-state index in [0.717, 1.165) is 25.0 Å². The Morgan fingerprint density at radius 2 is 2.14 bits per heavy atom. The van der Waals surface area contributed by atoms with E-state index in [1.54, 1.807) is 7.11 Å². The lowest BCUT2D eigenvalue weighted by Gasteiger charge is -2.31. The standard InChI is InChI=1S/C16H25NO4/c1-12-6-7-14(21-12)13(11-20-2)17-15(18)10-16(19)8-4-3-5-9-16/h6-7,13,19H,3-5,8-11H2,1-2H3,(H,17,18). The van der Waals surface area contributed by atoms with Crippen LogP contribution in [0.5, 0.6) is 0 Å². The number of rotatable bonds is 6. The van der Waals surface area contributed by atoms with E-state index in [9.17, 15) is 9.90 Å². The van der Waals surface area contributed by atoms with Crippen LogP contribution in [0.2, 0.25) is 0 Å². The monoisotopic (exact) mass is 295 g/mol. The van der Waals surface area contributed by atoms with Crippen LogP contribution in [0.25, 0.3) is 0 Å². The topological polar surface area (TPSA) is 71.7 Å². The van der Waals surface area contributed by atoms with Gasteiger partial charge in [0.15, 0.2) is 0 Å². The molecule has 1 heterocycles. The first-order chi connectivity index (χ1) is 10.0. The molecule has 1 aromatic heterocycles. The fraction of sp³-hybridized carbons (Fsp3) is 0.688. The average Bonchev–Trinajstić information content (AvgIpc) is 2.85. The molecule has 2 N–H and O–H groups in total. The fourth-order valence-corrected chi connectivity index (χ4v) is 2.93. The Morgan fingerprint density at radius 1 is 1.43 bits per heavy atom. The number of carbonyl (C=O) groups excluding carboxylic acids is 1. The van der Waals surface area contributed by atoms with E-state index in [0.29, 0.717) is 25.2 Å². The largest absolute Gasteiger partial charge is 0.464 e. The van der Waals surface area contributed by atoms with E-state index in [4.69, 9.17) is 9.15 Å². The van der Waals surface area contributed by atoms with Crippen molar-refractivity contribution < 1.29 is 19.1 Å². The van der Waals surface area contributed by atoms with E-state index < -0.39 is 5.60 Å². The molecule has 1 saturated carbocycles. The Morgan fingerprint density at radius 3 is 2.71 bits per heavy atom. The third kappa shape index (κ3) is 4.58. The van der Waals surface area contributed by atoms with Crippen LogP contribution in [0.4, 0.5) is 0 Å².